The first-order valence-corrected chi connectivity index (χ1v) is 18.8. The van der Waals surface area contributed by atoms with Gasteiger partial charge in [-0.25, -0.2) is 4.39 Å². The molecule has 0 radical (unpaired) electrons. The van der Waals surface area contributed by atoms with Gasteiger partial charge in [-0.2, -0.15) is 18.4 Å². The van der Waals surface area contributed by atoms with Crippen LogP contribution in [0, 0.1) is 17.1 Å². The summed E-state index contributed by atoms with van der Waals surface area (Å²) in [7, 11) is 0. The van der Waals surface area contributed by atoms with Crippen molar-refractivity contribution in [3.63, 3.8) is 0 Å². The Morgan fingerprint density at radius 3 is 1.45 bits per heavy atom. The molecular weight excluding hydrogens is 731 g/mol. The molecule has 58 heavy (non-hydrogen) atoms. The van der Waals surface area contributed by atoms with Crippen molar-refractivity contribution in [2.24, 2.45) is 0 Å². The van der Waals surface area contributed by atoms with Crippen LogP contribution in [0.4, 0.5) is 17.6 Å². The van der Waals surface area contributed by atoms with Crippen molar-refractivity contribution < 1.29 is 17.6 Å². The highest BCUT2D eigenvalue weighted by Gasteiger charge is 2.38. The van der Waals surface area contributed by atoms with E-state index in [1.165, 1.54) is 18.2 Å². The number of fused-ring (bicyclic) bond motifs is 6. The van der Waals surface area contributed by atoms with Crippen molar-refractivity contribution in [3.05, 3.63) is 227 Å². The van der Waals surface area contributed by atoms with Crippen molar-refractivity contribution in [1.29, 1.82) is 5.26 Å². The smallest absolute Gasteiger partial charge is 0.309 e. The number of para-hydroxylation sites is 1. The Labute approximate surface area is 330 Å². The molecule has 0 amide bonds. The summed E-state index contributed by atoms with van der Waals surface area (Å²) in [5.41, 5.74) is 6.78. The quantitative estimate of drug-likeness (QED) is 0.123. The number of alkyl halides is 3. The van der Waals surface area contributed by atoms with Gasteiger partial charge in [0.2, 0.25) is 0 Å². The molecule has 0 atom stereocenters. The number of hydrogen-bond donors (Lipinski definition) is 0. The van der Waals surface area contributed by atoms with Crippen LogP contribution in [0.3, 0.4) is 0 Å². The Bertz CT molecular complexity index is 3110. The van der Waals surface area contributed by atoms with Crippen LogP contribution in [-0.4, -0.2) is 9.13 Å². The molecule has 2 heterocycles. The molecule has 0 aliphatic rings. The van der Waals surface area contributed by atoms with E-state index in [2.05, 4.69) is 108 Å². The lowest BCUT2D eigenvalue weighted by atomic mass is 9.65. The van der Waals surface area contributed by atoms with Crippen LogP contribution in [0.2, 0.25) is 0 Å². The summed E-state index contributed by atoms with van der Waals surface area (Å²) in [6.07, 6.45) is -4.60. The fraction of sp³-hybridized carbons (Fsp3) is 0.0392. The third kappa shape index (κ3) is 5.41. The van der Waals surface area contributed by atoms with E-state index in [0.717, 1.165) is 67.9 Å². The largest absolute Gasteiger partial charge is 0.416 e. The van der Waals surface area contributed by atoms with Crippen molar-refractivity contribution in [2.75, 3.05) is 0 Å². The second-order valence-corrected chi connectivity index (χ2v) is 14.5. The molecule has 0 aliphatic heterocycles. The molecule has 0 saturated carbocycles. The van der Waals surface area contributed by atoms with Crippen LogP contribution in [0.1, 0.15) is 33.4 Å². The Morgan fingerprint density at radius 2 is 0.879 bits per heavy atom. The van der Waals surface area contributed by atoms with Gasteiger partial charge in [0.1, 0.15) is 5.82 Å². The molecule has 10 rings (SSSR count). The first kappa shape index (κ1) is 35.0. The van der Waals surface area contributed by atoms with Gasteiger partial charge in [0.05, 0.1) is 50.4 Å². The summed E-state index contributed by atoms with van der Waals surface area (Å²) in [6, 6.07) is 61.6. The van der Waals surface area contributed by atoms with Gasteiger partial charge in [0, 0.05) is 27.2 Å². The van der Waals surface area contributed by atoms with Crippen molar-refractivity contribution in [3.8, 4) is 17.4 Å². The summed E-state index contributed by atoms with van der Waals surface area (Å²) in [5, 5.41) is 12.9. The maximum absolute atomic E-state index is 15.0. The second-order valence-electron chi connectivity index (χ2n) is 14.5. The van der Waals surface area contributed by atoms with Crippen LogP contribution in [0.15, 0.2) is 188 Å². The molecule has 10 aromatic rings. The van der Waals surface area contributed by atoms with Crippen LogP contribution in [-0.2, 0) is 11.6 Å². The van der Waals surface area contributed by atoms with E-state index in [1.807, 2.05) is 54.6 Å². The van der Waals surface area contributed by atoms with Crippen molar-refractivity contribution in [2.45, 2.75) is 11.6 Å². The van der Waals surface area contributed by atoms with Gasteiger partial charge >= 0.3 is 6.18 Å². The summed E-state index contributed by atoms with van der Waals surface area (Å²) < 4.78 is 61.3. The summed E-state index contributed by atoms with van der Waals surface area (Å²) >= 11 is 0. The van der Waals surface area contributed by atoms with Crippen LogP contribution >= 0.6 is 0 Å². The molecule has 7 heteroatoms. The molecule has 2 aromatic heterocycles. The van der Waals surface area contributed by atoms with Gasteiger partial charge in [0.25, 0.3) is 0 Å². The molecule has 0 aliphatic carbocycles. The van der Waals surface area contributed by atoms with Gasteiger partial charge in [-0.15, -0.1) is 0 Å². The van der Waals surface area contributed by atoms with E-state index in [1.54, 1.807) is 4.57 Å². The monoisotopic (exact) mass is 761 g/mol. The molecule has 0 spiro atoms. The number of benzene rings is 8. The van der Waals surface area contributed by atoms with E-state index in [-0.39, 0.29) is 16.8 Å². The molecule has 0 saturated heterocycles. The maximum atomic E-state index is 15.0. The zero-order valence-electron chi connectivity index (χ0n) is 30.8. The lowest BCUT2D eigenvalue weighted by Crippen LogP contribution is -2.30. The Balaban J connectivity index is 1.25. The zero-order chi connectivity index (χ0) is 39.6. The van der Waals surface area contributed by atoms with Gasteiger partial charge in [-0.1, -0.05) is 127 Å². The molecule has 0 unspecified atom stereocenters. The minimum absolute atomic E-state index is 0.0600. The highest BCUT2D eigenvalue weighted by Crippen LogP contribution is 2.46. The summed E-state index contributed by atoms with van der Waals surface area (Å²) in [5.74, 6) is -0.663. The molecule has 0 bridgehead atoms. The highest BCUT2D eigenvalue weighted by atomic mass is 19.4. The van der Waals surface area contributed by atoms with Crippen LogP contribution in [0.25, 0.3) is 55.0 Å². The van der Waals surface area contributed by atoms with Crippen LogP contribution in [0.5, 0.6) is 0 Å². The molecule has 8 aromatic carbocycles. The van der Waals surface area contributed by atoms with Crippen LogP contribution < -0.4 is 0 Å². The van der Waals surface area contributed by atoms with Gasteiger partial charge < -0.3 is 9.13 Å². The second kappa shape index (κ2) is 13.4. The molecule has 3 nitrogen and oxygen atoms in total. The predicted molar refractivity (Wildman–Crippen MR) is 223 cm³/mol. The Hall–Kier alpha value is -7.43. The Morgan fingerprint density at radius 1 is 0.397 bits per heavy atom. The third-order valence-corrected chi connectivity index (χ3v) is 11.3. The lowest BCUT2D eigenvalue weighted by Gasteiger charge is -2.37. The maximum Gasteiger partial charge on any atom is 0.416 e. The average molecular weight is 762 g/mol. The number of rotatable bonds is 6. The summed E-state index contributed by atoms with van der Waals surface area (Å²) in [6.45, 7) is 0. The fourth-order valence-electron chi connectivity index (χ4n) is 8.90. The number of halogens is 4. The zero-order valence-corrected chi connectivity index (χ0v) is 30.8. The molecule has 0 N–H and O–H groups in total. The first-order valence-electron chi connectivity index (χ1n) is 18.8. The SMILES string of the molecule is N#Cc1cc(F)cc(-n2c3cc(C(F)(F)F)ccc3c3cc4c5ccccc5n(-c5ccc(C(c6ccccc6)(c6ccccc6)c6ccccc6)cc5)c4cc32)c1. The predicted octanol–water partition coefficient (Wildman–Crippen LogP) is 13.3. The van der Waals surface area contributed by atoms with Crippen molar-refractivity contribution in [1.82, 2.24) is 9.13 Å². The molecule has 0 fully saturated rings. The van der Waals surface area contributed by atoms with E-state index >= 15 is 4.39 Å². The lowest BCUT2D eigenvalue weighted by molar-refractivity contribution is -0.137. The highest BCUT2D eigenvalue weighted by molar-refractivity contribution is 6.19. The number of hydrogen-bond acceptors (Lipinski definition) is 1. The van der Waals surface area contributed by atoms with Gasteiger partial charge in [-0.05, 0) is 82.9 Å². The van der Waals surface area contributed by atoms with E-state index in [0.29, 0.717) is 16.3 Å². The van der Waals surface area contributed by atoms with E-state index in [9.17, 15) is 18.4 Å². The minimum Gasteiger partial charge on any atom is -0.309 e. The summed E-state index contributed by atoms with van der Waals surface area (Å²) in [4.78, 5) is 0. The number of aromatic nitrogens is 2. The number of nitrogens with zero attached hydrogens (tertiary/aromatic N) is 3. The molecule has 278 valence electrons. The van der Waals surface area contributed by atoms with E-state index < -0.39 is 23.0 Å². The Kier molecular flexibility index (Phi) is 8.06. The standard InChI is InChI=1S/C51H31F4N3/c52-39-26-33(32-56)27-41(29-39)58-47-28-38(51(53,54)55)22-25-43(47)45-30-44-42-18-10-11-19-46(42)57(48(44)31-49(45)58)40-23-20-37(21-24-40)50(34-12-4-1-5-13-34,35-14-6-2-7-15-35)36-16-8-3-9-17-36/h1-31H. The number of nitriles is 1. The normalized spacial score (nSPS) is 12.1. The molecular formula is C51H31F4N3. The average Bonchev–Trinajstić information content (AvgIpc) is 3.75. The fourth-order valence-corrected chi connectivity index (χ4v) is 8.90. The van der Waals surface area contributed by atoms with Crippen molar-refractivity contribution >= 4 is 43.6 Å². The minimum atomic E-state index is -4.60. The first-order chi connectivity index (χ1) is 28.3. The third-order valence-electron chi connectivity index (χ3n) is 11.3. The van der Waals surface area contributed by atoms with Gasteiger partial charge in [0.15, 0.2) is 0 Å². The van der Waals surface area contributed by atoms with E-state index in [4.69, 9.17) is 0 Å². The topological polar surface area (TPSA) is 33.6 Å². The van der Waals surface area contributed by atoms with Gasteiger partial charge in [-0.3, -0.25) is 0 Å².